The van der Waals surface area contributed by atoms with Crippen molar-refractivity contribution in [3.63, 3.8) is 0 Å². The van der Waals surface area contributed by atoms with Crippen LogP contribution in [0.15, 0.2) is 6.33 Å². The summed E-state index contributed by atoms with van der Waals surface area (Å²) in [6, 6.07) is 0.335. The molecule has 0 spiro atoms. The van der Waals surface area contributed by atoms with Gasteiger partial charge in [0, 0.05) is 18.2 Å². The lowest BCUT2D eigenvalue weighted by Crippen LogP contribution is -2.39. The van der Waals surface area contributed by atoms with Crippen LogP contribution in [0.25, 0.3) is 0 Å². The van der Waals surface area contributed by atoms with Crippen molar-refractivity contribution in [2.45, 2.75) is 58.1 Å². The summed E-state index contributed by atoms with van der Waals surface area (Å²) >= 11 is 0. The summed E-state index contributed by atoms with van der Waals surface area (Å²) in [6.07, 6.45) is 4.12. The van der Waals surface area contributed by atoms with Crippen molar-refractivity contribution in [2.75, 3.05) is 17.2 Å². The highest BCUT2D eigenvalue weighted by Crippen LogP contribution is 2.31. The van der Waals surface area contributed by atoms with Crippen LogP contribution in [-0.2, 0) is 0 Å². The van der Waals surface area contributed by atoms with E-state index in [4.69, 9.17) is 0 Å². The van der Waals surface area contributed by atoms with E-state index in [1.54, 1.807) is 6.33 Å². The number of anilines is 2. The van der Waals surface area contributed by atoms with Gasteiger partial charge in [-0.25, -0.2) is 9.97 Å². The minimum atomic E-state index is -0.153. The van der Waals surface area contributed by atoms with Gasteiger partial charge in [0.25, 0.3) is 0 Å². The van der Waals surface area contributed by atoms with E-state index in [9.17, 15) is 5.11 Å². The lowest BCUT2D eigenvalue weighted by molar-refractivity contribution is 0.0835. The highest BCUT2D eigenvalue weighted by atomic mass is 16.3. The quantitative estimate of drug-likeness (QED) is 0.736. The van der Waals surface area contributed by atoms with Crippen LogP contribution in [0.1, 0.15) is 51.5 Å². The first kappa shape index (κ1) is 14.1. The molecule has 1 aliphatic carbocycles. The molecule has 0 aliphatic heterocycles. The molecule has 1 aromatic heterocycles. The van der Waals surface area contributed by atoms with Crippen molar-refractivity contribution in [2.24, 2.45) is 0 Å². The van der Waals surface area contributed by atoms with Crippen LogP contribution in [0.5, 0.6) is 0 Å². The molecule has 1 aliphatic rings. The van der Waals surface area contributed by atoms with E-state index in [0.29, 0.717) is 12.0 Å². The zero-order valence-electron chi connectivity index (χ0n) is 12.0. The fourth-order valence-corrected chi connectivity index (χ4v) is 2.34. The fourth-order valence-electron chi connectivity index (χ4n) is 2.34. The van der Waals surface area contributed by atoms with E-state index >= 15 is 0 Å². The summed E-state index contributed by atoms with van der Waals surface area (Å²) in [7, 11) is 0. The Balaban J connectivity index is 2.16. The highest BCUT2D eigenvalue weighted by molar-refractivity contribution is 5.59. The standard InChI is InChI=1S/C14H24N4O/c1-4-5-15-13-12(9(2)3)14(17-8-16-13)18-10-6-11(19)7-10/h8-11,19H,4-7H2,1-3H3,(H2,15,16,17,18). The zero-order chi connectivity index (χ0) is 13.8. The Morgan fingerprint density at radius 2 is 2.00 bits per heavy atom. The predicted molar refractivity (Wildman–Crippen MR) is 77.6 cm³/mol. The van der Waals surface area contributed by atoms with E-state index in [2.05, 4.69) is 41.4 Å². The molecule has 19 heavy (non-hydrogen) atoms. The van der Waals surface area contributed by atoms with Crippen molar-refractivity contribution < 1.29 is 5.11 Å². The molecule has 106 valence electrons. The van der Waals surface area contributed by atoms with E-state index in [1.807, 2.05) is 0 Å². The van der Waals surface area contributed by atoms with Crippen molar-refractivity contribution in [3.8, 4) is 0 Å². The molecule has 0 radical (unpaired) electrons. The van der Waals surface area contributed by atoms with Gasteiger partial charge >= 0.3 is 0 Å². The minimum absolute atomic E-state index is 0.153. The molecule has 0 saturated heterocycles. The first-order chi connectivity index (χ1) is 9.11. The van der Waals surface area contributed by atoms with Crippen LogP contribution in [0, 0.1) is 0 Å². The smallest absolute Gasteiger partial charge is 0.135 e. The van der Waals surface area contributed by atoms with Crippen LogP contribution >= 0.6 is 0 Å². The average Bonchev–Trinajstić information content (AvgIpc) is 2.34. The monoisotopic (exact) mass is 264 g/mol. The number of nitrogens with one attached hydrogen (secondary N) is 2. The second-order valence-corrected chi connectivity index (χ2v) is 5.53. The molecular formula is C14H24N4O. The SMILES string of the molecule is CCCNc1ncnc(NC2CC(O)C2)c1C(C)C. The Kier molecular flexibility index (Phi) is 4.58. The molecule has 0 aromatic carbocycles. The van der Waals surface area contributed by atoms with Gasteiger partial charge in [0.05, 0.1) is 6.10 Å². The second kappa shape index (κ2) is 6.19. The van der Waals surface area contributed by atoms with Gasteiger partial charge in [0.15, 0.2) is 0 Å². The third-order valence-electron chi connectivity index (χ3n) is 3.46. The highest BCUT2D eigenvalue weighted by Gasteiger charge is 2.28. The number of nitrogens with zero attached hydrogens (tertiary/aromatic N) is 2. The van der Waals surface area contributed by atoms with Gasteiger partial charge in [-0.3, -0.25) is 0 Å². The average molecular weight is 264 g/mol. The number of rotatable bonds is 6. The molecule has 3 N–H and O–H groups in total. The third-order valence-corrected chi connectivity index (χ3v) is 3.46. The molecule has 5 heteroatoms. The van der Waals surface area contributed by atoms with Crippen LogP contribution in [0.2, 0.25) is 0 Å². The second-order valence-electron chi connectivity index (χ2n) is 5.53. The van der Waals surface area contributed by atoms with E-state index in [-0.39, 0.29) is 6.10 Å². The molecule has 0 atom stereocenters. The van der Waals surface area contributed by atoms with Crippen molar-refractivity contribution >= 4 is 11.6 Å². The summed E-state index contributed by atoms with van der Waals surface area (Å²) in [5.74, 6) is 2.18. The van der Waals surface area contributed by atoms with Crippen LogP contribution in [0.3, 0.4) is 0 Å². The summed E-state index contributed by atoms with van der Waals surface area (Å²) in [5.41, 5.74) is 1.14. The molecule has 1 fully saturated rings. The number of hydrogen-bond acceptors (Lipinski definition) is 5. The number of aromatic nitrogens is 2. The summed E-state index contributed by atoms with van der Waals surface area (Å²) in [5, 5.41) is 16.1. The molecule has 1 saturated carbocycles. The van der Waals surface area contributed by atoms with E-state index in [1.165, 1.54) is 0 Å². The molecule has 1 aromatic rings. The van der Waals surface area contributed by atoms with Crippen molar-refractivity contribution in [1.82, 2.24) is 9.97 Å². The lowest BCUT2D eigenvalue weighted by atomic mass is 9.89. The fraction of sp³-hybridized carbons (Fsp3) is 0.714. The number of aliphatic hydroxyl groups excluding tert-OH is 1. The number of aliphatic hydroxyl groups is 1. The summed E-state index contributed by atoms with van der Waals surface area (Å²) < 4.78 is 0. The predicted octanol–water partition coefficient (Wildman–Crippen LogP) is 2.36. The first-order valence-electron chi connectivity index (χ1n) is 7.15. The maximum Gasteiger partial charge on any atom is 0.135 e. The van der Waals surface area contributed by atoms with Gasteiger partial charge in [-0.15, -0.1) is 0 Å². The molecule has 5 nitrogen and oxygen atoms in total. The Hall–Kier alpha value is -1.36. The maximum atomic E-state index is 9.36. The summed E-state index contributed by atoms with van der Waals surface area (Å²) in [4.78, 5) is 8.72. The first-order valence-corrected chi connectivity index (χ1v) is 7.15. The van der Waals surface area contributed by atoms with Gasteiger partial charge in [-0.2, -0.15) is 0 Å². The van der Waals surface area contributed by atoms with Crippen molar-refractivity contribution in [3.05, 3.63) is 11.9 Å². The Morgan fingerprint density at radius 3 is 2.58 bits per heavy atom. The van der Waals surface area contributed by atoms with Gasteiger partial charge in [0.1, 0.15) is 18.0 Å². The lowest BCUT2D eigenvalue weighted by Gasteiger charge is -2.33. The van der Waals surface area contributed by atoms with Crippen LogP contribution in [0.4, 0.5) is 11.6 Å². The third kappa shape index (κ3) is 3.35. The molecule has 0 bridgehead atoms. The normalized spacial score (nSPS) is 22.2. The largest absolute Gasteiger partial charge is 0.393 e. The Bertz CT molecular complexity index is 416. The molecule has 1 heterocycles. The van der Waals surface area contributed by atoms with Gasteiger partial charge in [0.2, 0.25) is 0 Å². The van der Waals surface area contributed by atoms with Crippen molar-refractivity contribution in [1.29, 1.82) is 0 Å². The maximum absolute atomic E-state index is 9.36. The van der Waals surface area contributed by atoms with E-state index < -0.39 is 0 Å². The Labute approximate surface area is 114 Å². The summed E-state index contributed by atoms with van der Waals surface area (Å²) in [6.45, 7) is 7.35. The molecule has 0 unspecified atom stereocenters. The van der Waals surface area contributed by atoms with E-state index in [0.717, 1.165) is 43.0 Å². The molecular weight excluding hydrogens is 240 g/mol. The van der Waals surface area contributed by atoms with Gasteiger partial charge in [-0.05, 0) is 25.2 Å². The number of hydrogen-bond donors (Lipinski definition) is 3. The van der Waals surface area contributed by atoms with Gasteiger partial charge in [-0.1, -0.05) is 20.8 Å². The topological polar surface area (TPSA) is 70.1 Å². The van der Waals surface area contributed by atoms with Crippen LogP contribution in [-0.4, -0.2) is 33.8 Å². The van der Waals surface area contributed by atoms with Crippen LogP contribution < -0.4 is 10.6 Å². The molecule has 0 amide bonds. The van der Waals surface area contributed by atoms with Gasteiger partial charge < -0.3 is 15.7 Å². The zero-order valence-corrected chi connectivity index (χ0v) is 12.0. The molecule has 2 rings (SSSR count). The Morgan fingerprint density at radius 1 is 1.32 bits per heavy atom. The minimum Gasteiger partial charge on any atom is -0.393 e.